The van der Waals surface area contributed by atoms with Crippen LogP contribution in [0.1, 0.15) is 33.1 Å². The van der Waals surface area contributed by atoms with E-state index < -0.39 is 47.9 Å². The minimum absolute atomic E-state index is 0.0351. The first-order chi connectivity index (χ1) is 14.9. The van der Waals surface area contributed by atoms with Gasteiger partial charge in [0.15, 0.2) is 5.96 Å². The zero-order valence-corrected chi connectivity index (χ0v) is 20.1. The Morgan fingerprint density at radius 2 is 1.38 bits per heavy atom. The molecule has 32 heavy (non-hydrogen) atoms. The molecule has 4 unspecified atom stereocenters. The minimum atomic E-state index is -1.18. The van der Waals surface area contributed by atoms with Gasteiger partial charge in [-0.25, -0.2) is 4.79 Å². The quantitative estimate of drug-likeness (QED) is 0.0527. The Morgan fingerprint density at radius 3 is 1.78 bits per heavy atom. The summed E-state index contributed by atoms with van der Waals surface area (Å²) in [5.74, 6) is -3.27. The average molecular weight is 494 g/mol. The number of aliphatic imine (C=N–C) groups is 1. The Hall–Kier alpha value is -2.19. The lowest BCUT2D eigenvalue weighted by molar-refractivity contribution is -0.142. The number of carboxylic acids is 1. The molecule has 12 nitrogen and oxygen atoms in total. The summed E-state index contributed by atoms with van der Waals surface area (Å²) in [5, 5.41) is 16.6. The summed E-state index contributed by atoms with van der Waals surface area (Å²) < 4.78 is 0. The molecule has 0 saturated carbocycles. The van der Waals surface area contributed by atoms with Gasteiger partial charge in [-0.3, -0.25) is 19.4 Å². The molecule has 184 valence electrons. The molecule has 0 heterocycles. The number of carbonyl (C=O) groups excluding carboxylic acids is 3. The van der Waals surface area contributed by atoms with Crippen LogP contribution in [0.5, 0.6) is 0 Å². The van der Waals surface area contributed by atoms with E-state index in [1.54, 1.807) is 0 Å². The second kappa shape index (κ2) is 15.6. The molecule has 0 bridgehead atoms. The third-order valence-electron chi connectivity index (χ3n) is 4.26. The maximum absolute atomic E-state index is 12.5. The van der Waals surface area contributed by atoms with Gasteiger partial charge >= 0.3 is 5.97 Å². The van der Waals surface area contributed by atoms with Crippen molar-refractivity contribution in [2.75, 3.05) is 18.1 Å². The number of rotatable bonds is 15. The zero-order chi connectivity index (χ0) is 24.8. The summed E-state index contributed by atoms with van der Waals surface area (Å²) in [6, 6.07) is -4.15. The van der Waals surface area contributed by atoms with E-state index in [0.717, 1.165) is 0 Å². The highest BCUT2D eigenvalue weighted by Crippen LogP contribution is 2.06. The number of amides is 3. The minimum Gasteiger partial charge on any atom is -0.480 e. The number of hydrogen-bond donors (Lipinski definition) is 9. The molecule has 0 fully saturated rings. The van der Waals surface area contributed by atoms with Crippen LogP contribution in [0.2, 0.25) is 0 Å². The van der Waals surface area contributed by atoms with Crippen LogP contribution in [-0.2, 0) is 19.2 Å². The normalized spacial score (nSPS) is 14.6. The molecule has 0 aromatic carbocycles. The molecule has 0 aliphatic rings. The lowest BCUT2D eigenvalue weighted by Crippen LogP contribution is -2.58. The highest BCUT2D eigenvalue weighted by atomic mass is 32.1. The van der Waals surface area contributed by atoms with E-state index in [4.69, 9.17) is 17.2 Å². The summed E-state index contributed by atoms with van der Waals surface area (Å²) in [6.07, 6.45) is 0.982. The molecule has 0 radical (unpaired) electrons. The Labute approximate surface area is 198 Å². The van der Waals surface area contributed by atoms with Gasteiger partial charge in [0.1, 0.15) is 18.1 Å². The molecule has 0 aliphatic heterocycles. The SMILES string of the molecule is CC(C)CC(NC(=O)C(CS)NC(=O)C(CS)NC(=O)C(N)CCCN=C(N)N)C(=O)O. The highest BCUT2D eigenvalue weighted by molar-refractivity contribution is 7.80. The third kappa shape index (κ3) is 12.0. The molecule has 0 aromatic heterocycles. The van der Waals surface area contributed by atoms with Gasteiger partial charge in [0.25, 0.3) is 0 Å². The standard InChI is InChI=1S/C18H35N7O5S2/c1-9(2)6-11(17(29)30)23-15(27)13(8-32)25-16(28)12(7-31)24-14(26)10(19)4-3-5-22-18(20)21/h9-13,31-32H,3-8,19H2,1-2H3,(H,23,27)(H,24,26)(H,25,28)(H,29,30)(H4,20,21,22). The van der Waals surface area contributed by atoms with E-state index >= 15 is 0 Å². The van der Waals surface area contributed by atoms with E-state index in [-0.39, 0.29) is 36.2 Å². The molecule has 0 aromatic rings. The molecular weight excluding hydrogens is 458 g/mol. The van der Waals surface area contributed by atoms with Gasteiger partial charge < -0.3 is 38.3 Å². The Bertz CT molecular complexity index is 674. The van der Waals surface area contributed by atoms with Crippen LogP contribution in [0.15, 0.2) is 4.99 Å². The summed E-state index contributed by atoms with van der Waals surface area (Å²) in [7, 11) is 0. The summed E-state index contributed by atoms with van der Waals surface area (Å²) in [4.78, 5) is 52.4. The fourth-order valence-electron chi connectivity index (χ4n) is 2.55. The molecular formula is C18H35N7O5S2. The van der Waals surface area contributed by atoms with Crippen molar-refractivity contribution in [1.82, 2.24) is 16.0 Å². The van der Waals surface area contributed by atoms with Crippen molar-refractivity contribution in [1.29, 1.82) is 0 Å². The maximum Gasteiger partial charge on any atom is 0.326 e. The number of carbonyl (C=O) groups is 4. The lowest BCUT2D eigenvalue weighted by Gasteiger charge is -2.24. The van der Waals surface area contributed by atoms with Gasteiger partial charge in [-0.1, -0.05) is 13.8 Å². The lowest BCUT2D eigenvalue weighted by atomic mass is 10.0. The molecule has 0 aliphatic carbocycles. The number of carboxylic acid groups (broad SMARTS) is 1. The van der Waals surface area contributed by atoms with Gasteiger partial charge in [0.05, 0.1) is 6.04 Å². The van der Waals surface area contributed by atoms with Crippen molar-refractivity contribution in [3.63, 3.8) is 0 Å². The second-order valence-electron chi connectivity index (χ2n) is 7.57. The smallest absolute Gasteiger partial charge is 0.326 e. The van der Waals surface area contributed by atoms with Gasteiger partial charge in [-0.05, 0) is 25.2 Å². The molecule has 0 spiro atoms. The Balaban J connectivity index is 4.88. The largest absolute Gasteiger partial charge is 0.480 e. The number of nitrogens with one attached hydrogen (secondary N) is 3. The number of nitrogens with zero attached hydrogens (tertiary/aromatic N) is 1. The van der Waals surface area contributed by atoms with Crippen LogP contribution in [0.3, 0.4) is 0 Å². The van der Waals surface area contributed by atoms with Crippen molar-refractivity contribution in [3.05, 3.63) is 0 Å². The van der Waals surface area contributed by atoms with Crippen molar-refractivity contribution >= 4 is 54.9 Å². The van der Waals surface area contributed by atoms with Crippen LogP contribution in [-0.4, -0.2) is 77.0 Å². The first-order valence-corrected chi connectivity index (χ1v) is 11.4. The Kier molecular flexibility index (Phi) is 14.5. The third-order valence-corrected chi connectivity index (χ3v) is 4.99. The van der Waals surface area contributed by atoms with E-state index in [9.17, 15) is 24.3 Å². The first kappa shape index (κ1) is 29.8. The second-order valence-corrected chi connectivity index (χ2v) is 8.30. The maximum atomic E-state index is 12.5. The number of nitrogens with two attached hydrogens (primary N) is 3. The van der Waals surface area contributed by atoms with Gasteiger partial charge in [0, 0.05) is 18.1 Å². The molecule has 4 atom stereocenters. The highest BCUT2D eigenvalue weighted by Gasteiger charge is 2.29. The average Bonchev–Trinajstić information content (AvgIpc) is 2.71. The first-order valence-electron chi connectivity index (χ1n) is 10.1. The molecule has 0 saturated heterocycles. The van der Waals surface area contributed by atoms with Crippen molar-refractivity contribution in [2.45, 2.75) is 57.3 Å². The molecule has 0 rings (SSSR count). The van der Waals surface area contributed by atoms with Crippen LogP contribution < -0.4 is 33.2 Å². The van der Waals surface area contributed by atoms with Crippen LogP contribution >= 0.6 is 25.3 Å². The topological polar surface area (TPSA) is 215 Å². The fraction of sp³-hybridized carbons (Fsp3) is 0.722. The molecule has 3 amide bonds. The Morgan fingerprint density at radius 1 is 0.906 bits per heavy atom. The zero-order valence-electron chi connectivity index (χ0n) is 18.3. The monoisotopic (exact) mass is 493 g/mol. The van der Waals surface area contributed by atoms with E-state index in [0.29, 0.717) is 13.0 Å². The molecule has 14 heteroatoms. The van der Waals surface area contributed by atoms with E-state index in [2.05, 4.69) is 46.2 Å². The summed E-state index contributed by atoms with van der Waals surface area (Å²) >= 11 is 8.13. The summed E-state index contributed by atoms with van der Waals surface area (Å²) in [6.45, 7) is 3.96. The van der Waals surface area contributed by atoms with E-state index in [1.807, 2.05) is 13.8 Å². The number of thiol groups is 2. The predicted molar refractivity (Wildman–Crippen MR) is 128 cm³/mol. The van der Waals surface area contributed by atoms with Crippen molar-refractivity contribution in [3.8, 4) is 0 Å². The summed E-state index contributed by atoms with van der Waals surface area (Å²) in [5.41, 5.74) is 16.3. The van der Waals surface area contributed by atoms with Crippen molar-refractivity contribution in [2.24, 2.45) is 28.1 Å². The van der Waals surface area contributed by atoms with Crippen molar-refractivity contribution < 1.29 is 24.3 Å². The predicted octanol–water partition coefficient (Wildman–Crippen LogP) is -2.19. The van der Waals surface area contributed by atoms with Gasteiger partial charge in [-0.2, -0.15) is 25.3 Å². The van der Waals surface area contributed by atoms with Crippen LogP contribution in [0, 0.1) is 5.92 Å². The number of aliphatic carboxylic acids is 1. The van der Waals surface area contributed by atoms with Crippen LogP contribution in [0.25, 0.3) is 0 Å². The fourth-order valence-corrected chi connectivity index (χ4v) is 3.07. The number of hydrogen-bond acceptors (Lipinski definition) is 8. The number of guanidine groups is 1. The van der Waals surface area contributed by atoms with Gasteiger partial charge in [0.2, 0.25) is 17.7 Å². The van der Waals surface area contributed by atoms with Crippen LogP contribution in [0.4, 0.5) is 0 Å². The van der Waals surface area contributed by atoms with E-state index in [1.165, 1.54) is 0 Å². The molecule has 10 N–H and O–H groups in total. The van der Waals surface area contributed by atoms with Gasteiger partial charge in [-0.15, -0.1) is 0 Å².